The van der Waals surface area contributed by atoms with Gasteiger partial charge in [-0.25, -0.2) is 0 Å². The summed E-state index contributed by atoms with van der Waals surface area (Å²) >= 11 is 0. The average molecular weight is 654 g/mol. The molecule has 0 N–H and O–H groups in total. The smallest absolute Gasteiger partial charge is 0.0468 e. The molecule has 0 unspecified atom stereocenters. The van der Waals surface area contributed by atoms with Gasteiger partial charge in [-0.15, -0.1) is 0 Å². The number of anilines is 3. The van der Waals surface area contributed by atoms with Gasteiger partial charge >= 0.3 is 0 Å². The zero-order valence-electron chi connectivity index (χ0n) is 29.5. The Bertz CT molecular complexity index is 2690. The molecule has 2 aliphatic rings. The molecular formula is C50H39N. The summed E-state index contributed by atoms with van der Waals surface area (Å²) in [5, 5.41) is 5.12. The number of hydrogen-bond acceptors (Lipinski definition) is 1. The quantitative estimate of drug-likeness (QED) is 0.183. The molecule has 0 saturated heterocycles. The van der Waals surface area contributed by atoms with E-state index >= 15 is 0 Å². The van der Waals surface area contributed by atoms with Crippen molar-refractivity contribution in [3.8, 4) is 33.4 Å². The summed E-state index contributed by atoms with van der Waals surface area (Å²) in [4.78, 5) is 2.45. The van der Waals surface area contributed by atoms with Gasteiger partial charge < -0.3 is 4.90 Å². The topological polar surface area (TPSA) is 3.24 Å². The van der Waals surface area contributed by atoms with Crippen molar-refractivity contribution in [3.05, 3.63) is 186 Å². The van der Waals surface area contributed by atoms with E-state index in [1.54, 1.807) is 0 Å². The van der Waals surface area contributed by atoms with Gasteiger partial charge in [0.2, 0.25) is 0 Å². The van der Waals surface area contributed by atoms with Gasteiger partial charge in [0.1, 0.15) is 0 Å². The first kappa shape index (κ1) is 29.9. The molecule has 51 heavy (non-hydrogen) atoms. The third-order valence-electron chi connectivity index (χ3n) is 11.8. The second-order valence-corrected chi connectivity index (χ2v) is 15.4. The van der Waals surface area contributed by atoms with Gasteiger partial charge in [-0.3, -0.25) is 0 Å². The largest absolute Gasteiger partial charge is 0.310 e. The zero-order valence-corrected chi connectivity index (χ0v) is 29.5. The van der Waals surface area contributed by atoms with Gasteiger partial charge in [-0.05, 0) is 126 Å². The van der Waals surface area contributed by atoms with Gasteiger partial charge in [-0.2, -0.15) is 0 Å². The molecule has 244 valence electrons. The van der Waals surface area contributed by atoms with Crippen LogP contribution in [0.3, 0.4) is 0 Å². The van der Waals surface area contributed by atoms with Crippen molar-refractivity contribution in [2.75, 3.05) is 4.90 Å². The first-order chi connectivity index (χ1) is 24.8. The highest BCUT2D eigenvalue weighted by Crippen LogP contribution is 2.53. The third kappa shape index (κ3) is 4.41. The summed E-state index contributed by atoms with van der Waals surface area (Å²) < 4.78 is 0. The SMILES string of the molecule is CC1(C)c2ccccc2-c2cc(N(c3ccc(-c4cccc5ccccc45)cc3)c3ccc4c(c3)-c3cc5ccccc5cc3C4(C)C)ccc21. The molecule has 0 atom stereocenters. The maximum absolute atomic E-state index is 2.45. The lowest BCUT2D eigenvalue weighted by atomic mass is 9.82. The van der Waals surface area contributed by atoms with Crippen molar-refractivity contribution in [3.63, 3.8) is 0 Å². The van der Waals surface area contributed by atoms with Crippen molar-refractivity contribution in [2.24, 2.45) is 0 Å². The Hall–Kier alpha value is -5.92. The lowest BCUT2D eigenvalue weighted by Crippen LogP contribution is -2.16. The van der Waals surface area contributed by atoms with Gasteiger partial charge in [0.15, 0.2) is 0 Å². The molecule has 0 spiro atoms. The number of benzene rings is 8. The predicted molar refractivity (Wildman–Crippen MR) is 217 cm³/mol. The van der Waals surface area contributed by atoms with E-state index < -0.39 is 0 Å². The van der Waals surface area contributed by atoms with Gasteiger partial charge in [0.25, 0.3) is 0 Å². The van der Waals surface area contributed by atoms with Gasteiger partial charge in [0.05, 0.1) is 0 Å². The van der Waals surface area contributed by atoms with Crippen LogP contribution >= 0.6 is 0 Å². The molecule has 0 aromatic heterocycles. The molecule has 0 radical (unpaired) electrons. The summed E-state index contributed by atoms with van der Waals surface area (Å²) in [6.07, 6.45) is 0. The van der Waals surface area contributed by atoms with Crippen LogP contribution in [0.4, 0.5) is 17.1 Å². The lowest BCUT2D eigenvalue weighted by Gasteiger charge is -2.28. The maximum Gasteiger partial charge on any atom is 0.0468 e. The molecule has 0 saturated carbocycles. The molecule has 10 rings (SSSR count). The number of hydrogen-bond donors (Lipinski definition) is 0. The Morgan fingerprint density at radius 1 is 0.333 bits per heavy atom. The standard InChI is InChI=1S/C50H39N/c1-49(2)45-19-10-9-17-41(45)43-30-37(24-26-46(43)49)51(36-22-20-33(21-23-36)40-18-11-15-32-12-7-8-16-39(32)40)38-25-27-47-44(31-38)42-28-34-13-5-6-14-35(34)29-48(42)50(47,3)4/h5-31H,1-4H3. The minimum Gasteiger partial charge on any atom is -0.310 e. The van der Waals surface area contributed by atoms with Gasteiger partial charge in [0, 0.05) is 27.9 Å². The van der Waals surface area contributed by atoms with Crippen LogP contribution in [0.15, 0.2) is 164 Å². The van der Waals surface area contributed by atoms with E-state index in [9.17, 15) is 0 Å². The number of fused-ring (bicyclic) bond motifs is 8. The van der Waals surface area contributed by atoms with Crippen LogP contribution in [-0.2, 0) is 10.8 Å². The first-order valence-electron chi connectivity index (χ1n) is 18.1. The Morgan fingerprint density at radius 2 is 0.824 bits per heavy atom. The van der Waals surface area contributed by atoms with Crippen molar-refractivity contribution < 1.29 is 0 Å². The summed E-state index contributed by atoms with van der Waals surface area (Å²) in [6, 6.07) is 61.1. The summed E-state index contributed by atoms with van der Waals surface area (Å²) in [6.45, 7) is 9.44. The van der Waals surface area contributed by atoms with Crippen LogP contribution in [0.25, 0.3) is 54.9 Å². The van der Waals surface area contributed by atoms with E-state index in [2.05, 4.69) is 196 Å². The molecule has 1 heteroatoms. The molecular weight excluding hydrogens is 615 g/mol. The normalized spacial score (nSPS) is 14.6. The molecule has 0 amide bonds. The third-order valence-corrected chi connectivity index (χ3v) is 11.8. The van der Waals surface area contributed by atoms with E-state index in [-0.39, 0.29) is 10.8 Å². The second-order valence-electron chi connectivity index (χ2n) is 15.4. The predicted octanol–water partition coefficient (Wildman–Crippen LogP) is 13.7. The van der Waals surface area contributed by atoms with Gasteiger partial charge in [-0.1, -0.05) is 143 Å². The molecule has 1 nitrogen and oxygen atoms in total. The first-order valence-corrected chi connectivity index (χ1v) is 18.1. The lowest BCUT2D eigenvalue weighted by molar-refractivity contribution is 0.660. The molecule has 0 bridgehead atoms. The second kappa shape index (κ2) is 10.8. The average Bonchev–Trinajstić information content (AvgIpc) is 3.52. The van der Waals surface area contributed by atoms with Crippen molar-refractivity contribution >= 4 is 38.6 Å². The highest BCUT2D eigenvalue weighted by atomic mass is 15.1. The van der Waals surface area contributed by atoms with Crippen LogP contribution in [0.2, 0.25) is 0 Å². The molecule has 2 aliphatic carbocycles. The Morgan fingerprint density at radius 3 is 1.55 bits per heavy atom. The number of nitrogens with zero attached hydrogens (tertiary/aromatic N) is 1. The fraction of sp³-hybridized carbons (Fsp3) is 0.120. The molecule has 0 heterocycles. The Labute approximate surface area is 300 Å². The van der Waals surface area contributed by atoms with Crippen LogP contribution in [-0.4, -0.2) is 0 Å². The van der Waals surface area contributed by atoms with Crippen molar-refractivity contribution in [2.45, 2.75) is 38.5 Å². The van der Waals surface area contributed by atoms with E-state index in [1.165, 1.54) is 77.2 Å². The maximum atomic E-state index is 2.45. The van der Waals surface area contributed by atoms with Crippen LogP contribution in [0.1, 0.15) is 49.9 Å². The van der Waals surface area contributed by atoms with E-state index in [0.29, 0.717) is 0 Å². The minimum absolute atomic E-state index is 0.0406. The van der Waals surface area contributed by atoms with E-state index in [4.69, 9.17) is 0 Å². The Balaban J connectivity index is 1.16. The highest BCUT2D eigenvalue weighted by Gasteiger charge is 2.37. The minimum atomic E-state index is -0.0823. The van der Waals surface area contributed by atoms with E-state index in [1.807, 2.05) is 0 Å². The monoisotopic (exact) mass is 653 g/mol. The van der Waals surface area contributed by atoms with E-state index in [0.717, 1.165) is 17.1 Å². The highest BCUT2D eigenvalue weighted by molar-refractivity contribution is 5.98. The summed E-state index contributed by atoms with van der Waals surface area (Å²) in [5.41, 5.74) is 16.7. The fourth-order valence-electron chi connectivity index (χ4n) is 9.13. The molecule has 8 aromatic carbocycles. The fourth-order valence-corrected chi connectivity index (χ4v) is 9.13. The number of rotatable bonds is 4. The Kier molecular flexibility index (Phi) is 6.34. The van der Waals surface area contributed by atoms with Crippen LogP contribution < -0.4 is 4.90 Å². The molecule has 8 aromatic rings. The molecule has 0 fully saturated rings. The summed E-state index contributed by atoms with van der Waals surface area (Å²) in [7, 11) is 0. The summed E-state index contributed by atoms with van der Waals surface area (Å²) in [5.74, 6) is 0. The van der Waals surface area contributed by atoms with Crippen molar-refractivity contribution in [1.29, 1.82) is 0 Å². The zero-order chi connectivity index (χ0) is 34.5. The van der Waals surface area contributed by atoms with Crippen LogP contribution in [0.5, 0.6) is 0 Å². The van der Waals surface area contributed by atoms with Crippen molar-refractivity contribution in [1.82, 2.24) is 0 Å². The van der Waals surface area contributed by atoms with Crippen LogP contribution in [0, 0.1) is 0 Å². The molecule has 0 aliphatic heterocycles.